The number of aliphatic carboxylic acids is 1. The number of hydrogen-bond donors (Lipinski definition) is 1. The van der Waals surface area contributed by atoms with Crippen LogP contribution in [0.5, 0.6) is 5.75 Å². The number of carbonyl (C=O) groups excluding carboxylic acids is 1. The summed E-state index contributed by atoms with van der Waals surface area (Å²) < 4.78 is 23.2. The van der Waals surface area contributed by atoms with Crippen LogP contribution in [0.25, 0.3) is 11.5 Å². The smallest absolute Gasteiger partial charge is 0.411 e. The number of nitrogens with zero attached hydrogens (tertiary/aromatic N) is 2. The summed E-state index contributed by atoms with van der Waals surface area (Å²) >= 11 is 0. The molecular weight excluding hydrogens is 560 g/mol. The fourth-order valence-corrected chi connectivity index (χ4v) is 6.61. The van der Waals surface area contributed by atoms with Crippen LogP contribution in [0.4, 0.5) is 4.79 Å². The number of benzene rings is 2. The molecule has 2 saturated carbocycles. The summed E-state index contributed by atoms with van der Waals surface area (Å²) in [5.41, 5.74) is 2.50. The Balaban J connectivity index is 1.19. The van der Waals surface area contributed by atoms with Gasteiger partial charge in [0, 0.05) is 12.1 Å². The zero-order valence-corrected chi connectivity index (χ0v) is 26.0. The van der Waals surface area contributed by atoms with E-state index in [1.54, 1.807) is 7.11 Å². The van der Waals surface area contributed by atoms with Crippen LogP contribution in [-0.2, 0) is 27.5 Å². The summed E-state index contributed by atoms with van der Waals surface area (Å²) in [6.07, 6.45) is 6.51. The van der Waals surface area contributed by atoms with Crippen LogP contribution in [0.3, 0.4) is 0 Å². The van der Waals surface area contributed by atoms with Gasteiger partial charge in [0.25, 0.3) is 0 Å². The van der Waals surface area contributed by atoms with Crippen molar-refractivity contribution in [3.8, 4) is 17.2 Å². The van der Waals surface area contributed by atoms with Gasteiger partial charge in [0.05, 0.1) is 19.8 Å². The Labute approximate surface area is 259 Å². The molecule has 0 spiro atoms. The zero-order chi connectivity index (χ0) is 31.1. The molecular formula is C35H44N2O7. The van der Waals surface area contributed by atoms with Gasteiger partial charge in [-0.2, -0.15) is 0 Å². The van der Waals surface area contributed by atoms with Crippen LogP contribution in [0, 0.1) is 19.8 Å². The van der Waals surface area contributed by atoms with Crippen molar-refractivity contribution in [2.45, 2.75) is 96.5 Å². The molecule has 9 nitrogen and oxygen atoms in total. The topological polar surface area (TPSA) is 111 Å². The highest BCUT2D eigenvalue weighted by atomic mass is 16.6. The second kappa shape index (κ2) is 14.3. The van der Waals surface area contributed by atoms with Gasteiger partial charge in [0.1, 0.15) is 29.3 Å². The normalized spacial score (nSPS) is 19.4. The minimum absolute atomic E-state index is 0.0709. The molecule has 2 atom stereocenters. The minimum atomic E-state index is -1.22. The third kappa shape index (κ3) is 7.44. The Bertz CT molecular complexity index is 1410. The van der Waals surface area contributed by atoms with Crippen molar-refractivity contribution in [3.05, 3.63) is 71.1 Å². The lowest BCUT2D eigenvalue weighted by Crippen LogP contribution is -2.56. The first-order valence-electron chi connectivity index (χ1n) is 15.7. The number of oxazole rings is 1. The number of carboxylic acid groups (broad SMARTS) is 1. The van der Waals surface area contributed by atoms with Gasteiger partial charge in [0.15, 0.2) is 0 Å². The van der Waals surface area contributed by atoms with Gasteiger partial charge in [0.2, 0.25) is 5.89 Å². The minimum Gasteiger partial charge on any atom is -0.497 e. The predicted molar refractivity (Wildman–Crippen MR) is 165 cm³/mol. The highest BCUT2D eigenvalue weighted by Crippen LogP contribution is 2.38. The summed E-state index contributed by atoms with van der Waals surface area (Å²) in [5, 5.41) is 10.3. The van der Waals surface area contributed by atoms with Crippen molar-refractivity contribution in [2.75, 3.05) is 13.7 Å². The third-order valence-corrected chi connectivity index (χ3v) is 9.20. The number of amides is 1. The molecule has 2 aliphatic carbocycles. The number of methoxy groups -OCH3 is 1. The molecule has 1 N–H and O–H groups in total. The lowest BCUT2D eigenvalue weighted by Gasteiger charge is -2.38. The van der Waals surface area contributed by atoms with Crippen molar-refractivity contribution >= 4 is 12.1 Å². The second-order valence-electron chi connectivity index (χ2n) is 12.2. The molecule has 0 saturated heterocycles. The Morgan fingerprint density at radius 2 is 1.82 bits per heavy atom. The van der Waals surface area contributed by atoms with E-state index >= 15 is 0 Å². The van der Waals surface area contributed by atoms with Crippen LogP contribution in [0.15, 0.2) is 52.9 Å². The van der Waals surface area contributed by atoms with E-state index in [9.17, 15) is 14.7 Å². The molecule has 0 aliphatic heterocycles. The average Bonchev–Trinajstić information content (AvgIpc) is 3.67. The van der Waals surface area contributed by atoms with E-state index in [0.717, 1.165) is 72.4 Å². The van der Waals surface area contributed by atoms with Crippen molar-refractivity contribution in [2.24, 2.45) is 5.92 Å². The maximum Gasteiger partial charge on any atom is 0.411 e. The number of carbonyl (C=O) groups is 2. The summed E-state index contributed by atoms with van der Waals surface area (Å²) in [5.74, 6) is 1.45. The van der Waals surface area contributed by atoms with E-state index in [0.29, 0.717) is 44.2 Å². The van der Waals surface area contributed by atoms with Gasteiger partial charge in [-0.15, -0.1) is 0 Å². The number of ether oxygens (including phenoxy) is 3. The highest BCUT2D eigenvalue weighted by molar-refractivity contribution is 5.84. The SMILES string of the molecule is COc1ccc(COC(=O)N(CC[C@H]2CCC[C@@H](OCc3nc(-c4cccc(C)c4)oc3C)C2)C2(C(=O)O)CCCC2)cc1. The summed E-state index contributed by atoms with van der Waals surface area (Å²) in [7, 11) is 1.60. The maximum atomic E-state index is 13.5. The van der Waals surface area contributed by atoms with E-state index in [4.69, 9.17) is 23.6 Å². The summed E-state index contributed by atoms with van der Waals surface area (Å²) in [6, 6.07) is 15.4. The van der Waals surface area contributed by atoms with Gasteiger partial charge in [-0.1, -0.05) is 55.5 Å². The van der Waals surface area contributed by atoms with E-state index < -0.39 is 17.6 Å². The number of aromatic nitrogens is 1. The first-order valence-corrected chi connectivity index (χ1v) is 15.7. The summed E-state index contributed by atoms with van der Waals surface area (Å²) in [6.45, 7) is 4.75. The van der Waals surface area contributed by atoms with E-state index in [1.165, 1.54) is 4.90 Å². The fourth-order valence-electron chi connectivity index (χ4n) is 6.61. The zero-order valence-electron chi connectivity index (χ0n) is 26.0. The Morgan fingerprint density at radius 3 is 2.52 bits per heavy atom. The average molecular weight is 605 g/mol. The quantitative estimate of drug-likeness (QED) is 0.227. The molecule has 1 aromatic heterocycles. The van der Waals surface area contributed by atoms with Gasteiger partial charge in [-0.25, -0.2) is 14.6 Å². The first kappa shape index (κ1) is 31.6. The van der Waals surface area contributed by atoms with E-state index in [1.807, 2.05) is 56.3 Å². The summed E-state index contributed by atoms with van der Waals surface area (Å²) in [4.78, 5) is 32.2. The molecule has 1 amide bonds. The fraction of sp³-hybridized carbons (Fsp3) is 0.514. The number of carboxylic acids is 1. The molecule has 9 heteroatoms. The molecule has 1 heterocycles. The molecule has 2 aliphatic rings. The number of aryl methyl sites for hydroxylation is 2. The standard InChI is InChI=1S/C35H44N2O7/c1-24-8-6-10-28(20-24)32-36-31(25(2)44-32)23-42-30-11-7-9-26(21-30)16-19-37(35(33(38)39)17-4-5-18-35)34(40)43-22-27-12-14-29(41-3)15-13-27/h6,8,10,12-15,20,26,30H,4-5,7,9,11,16-19,21-23H2,1-3H3,(H,38,39)/t26-,30-/m1/s1. The van der Waals surface area contributed by atoms with Gasteiger partial charge < -0.3 is 23.7 Å². The van der Waals surface area contributed by atoms with Crippen LogP contribution >= 0.6 is 0 Å². The maximum absolute atomic E-state index is 13.5. The van der Waals surface area contributed by atoms with Crippen molar-refractivity contribution in [1.82, 2.24) is 9.88 Å². The molecule has 2 fully saturated rings. The molecule has 236 valence electrons. The van der Waals surface area contributed by atoms with Crippen molar-refractivity contribution in [3.63, 3.8) is 0 Å². The van der Waals surface area contributed by atoms with Gasteiger partial charge in [-0.3, -0.25) is 4.90 Å². The first-order chi connectivity index (χ1) is 21.3. The van der Waals surface area contributed by atoms with Crippen molar-refractivity contribution in [1.29, 1.82) is 0 Å². The van der Waals surface area contributed by atoms with Gasteiger partial charge >= 0.3 is 12.1 Å². The molecule has 2 aromatic carbocycles. The Kier molecular flexibility index (Phi) is 10.3. The van der Waals surface area contributed by atoms with Crippen LogP contribution in [-0.4, -0.2) is 52.4 Å². The Hall–Kier alpha value is -3.85. The third-order valence-electron chi connectivity index (χ3n) is 9.20. The molecule has 44 heavy (non-hydrogen) atoms. The van der Waals surface area contributed by atoms with Crippen molar-refractivity contribution < 1.29 is 33.3 Å². The highest BCUT2D eigenvalue weighted by Gasteiger charge is 2.49. The number of rotatable bonds is 12. The lowest BCUT2D eigenvalue weighted by atomic mass is 9.84. The molecule has 0 unspecified atom stereocenters. The lowest BCUT2D eigenvalue weighted by molar-refractivity contribution is -0.150. The molecule has 0 radical (unpaired) electrons. The predicted octanol–water partition coefficient (Wildman–Crippen LogP) is 7.47. The molecule has 0 bridgehead atoms. The van der Waals surface area contributed by atoms with Gasteiger partial charge in [-0.05, 0) is 81.7 Å². The Morgan fingerprint density at radius 1 is 1.05 bits per heavy atom. The monoisotopic (exact) mass is 604 g/mol. The molecule has 3 aromatic rings. The van der Waals surface area contributed by atoms with Crippen LogP contribution < -0.4 is 4.74 Å². The largest absolute Gasteiger partial charge is 0.497 e. The van der Waals surface area contributed by atoms with Crippen LogP contribution in [0.2, 0.25) is 0 Å². The van der Waals surface area contributed by atoms with E-state index in [2.05, 4.69) is 6.07 Å². The second-order valence-corrected chi connectivity index (χ2v) is 12.2. The molecule has 5 rings (SSSR count). The van der Waals surface area contributed by atoms with E-state index in [-0.39, 0.29) is 12.7 Å². The van der Waals surface area contributed by atoms with Crippen LogP contribution in [0.1, 0.15) is 80.4 Å². The number of hydrogen-bond acceptors (Lipinski definition) is 7.